The molecule has 0 saturated carbocycles. The van der Waals surface area contributed by atoms with Gasteiger partial charge in [0, 0.05) is 12.7 Å². The fraction of sp³-hybridized carbons (Fsp3) is 0.571. The van der Waals surface area contributed by atoms with Crippen molar-refractivity contribution in [1.29, 1.82) is 0 Å². The third-order valence-corrected chi connectivity index (χ3v) is 3.57. The zero-order valence-electron chi connectivity index (χ0n) is 11.3. The predicted molar refractivity (Wildman–Crippen MR) is 72.5 cm³/mol. The van der Waals surface area contributed by atoms with Gasteiger partial charge in [0.25, 0.3) is 0 Å². The Hall–Kier alpha value is -1.42. The van der Waals surface area contributed by atoms with E-state index < -0.39 is 0 Å². The number of anilines is 1. The molecule has 1 aliphatic rings. The second-order valence-electron chi connectivity index (χ2n) is 5.68. The van der Waals surface area contributed by atoms with Gasteiger partial charge in [-0.2, -0.15) is 0 Å². The quantitative estimate of drug-likeness (QED) is 0.867. The topological polar surface area (TPSA) is 45.2 Å². The summed E-state index contributed by atoms with van der Waals surface area (Å²) in [5, 5.41) is 3.12. The molecular weight excluding hydrogens is 226 g/mol. The third-order valence-electron chi connectivity index (χ3n) is 3.57. The van der Waals surface area contributed by atoms with E-state index in [9.17, 15) is 4.79 Å². The van der Waals surface area contributed by atoms with Crippen molar-refractivity contribution in [3.8, 4) is 0 Å². The number of nitrogens with one attached hydrogen (secondary N) is 1. The van der Waals surface area contributed by atoms with Gasteiger partial charge in [-0.25, -0.2) is 0 Å². The third kappa shape index (κ3) is 2.70. The van der Waals surface area contributed by atoms with Crippen LogP contribution in [0.2, 0.25) is 0 Å². The van der Waals surface area contributed by atoms with Gasteiger partial charge < -0.3 is 10.2 Å². The van der Waals surface area contributed by atoms with Gasteiger partial charge in [-0.1, -0.05) is 13.8 Å². The highest BCUT2D eigenvalue weighted by Crippen LogP contribution is 2.31. The van der Waals surface area contributed by atoms with Gasteiger partial charge in [0.05, 0.1) is 17.9 Å². The lowest BCUT2D eigenvalue weighted by molar-refractivity contribution is -0.120. The van der Waals surface area contributed by atoms with Gasteiger partial charge >= 0.3 is 0 Å². The molecule has 1 aromatic rings. The van der Waals surface area contributed by atoms with E-state index in [1.54, 1.807) is 12.4 Å². The fourth-order valence-corrected chi connectivity index (χ4v) is 2.43. The minimum Gasteiger partial charge on any atom is -0.309 e. The molecule has 0 bridgehead atoms. The van der Waals surface area contributed by atoms with Crippen molar-refractivity contribution in [2.24, 2.45) is 5.41 Å². The minimum atomic E-state index is -0.0908. The molecule has 1 atom stereocenters. The maximum Gasteiger partial charge on any atom is 0.244 e. The van der Waals surface area contributed by atoms with E-state index in [1.165, 1.54) is 0 Å². The Morgan fingerprint density at radius 2 is 2.28 bits per heavy atom. The summed E-state index contributed by atoms with van der Waals surface area (Å²) in [7, 11) is 1.85. The highest BCUT2D eigenvalue weighted by Gasteiger charge is 2.34. The molecule has 1 aromatic heterocycles. The van der Waals surface area contributed by atoms with Crippen LogP contribution < -0.4 is 10.2 Å². The number of likely N-dealkylation sites (N-methyl/N-ethyl adjacent to an activating group) is 1. The molecule has 0 aliphatic carbocycles. The lowest BCUT2D eigenvalue weighted by Gasteiger charge is -2.29. The molecule has 2 rings (SSSR count). The van der Waals surface area contributed by atoms with Crippen LogP contribution in [0, 0.1) is 5.41 Å². The number of hydrogen-bond donors (Lipinski definition) is 1. The largest absolute Gasteiger partial charge is 0.309 e. The first-order valence-corrected chi connectivity index (χ1v) is 6.42. The van der Waals surface area contributed by atoms with Crippen molar-refractivity contribution in [1.82, 2.24) is 10.3 Å². The van der Waals surface area contributed by atoms with E-state index in [2.05, 4.69) is 24.1 Å². The van der Waals surface area contributed by atoms with Gasteiger partial charge in [0.1, 0.15) is 0 Å². The molecule has 2 heterocycles. The Morgan fingerprint density at radius 3 is 2.89 bits per heavy atom. The van der Waals surface area contributed by atoms with E-state index >= 15 is 0 Å². The van der Waals surface area contributed by atoms with Crippen LogP contribution in [0.3, 0.4) is 0 Å². The Bertz CT molecular complexity index is 416. The van der Waals surface area contributed by atoms with Gasteiger partial charge in [-0.15, -0.1) is 0 Å². The standard InChI is InChI=1S/C14H21N3O/c1-14(2)7-6-12(15-3)13(18)17(10-14)11-5-4-8-16-9-11/h4-5,8-9,12,15H,6-7,10H2,1-3H3. The van der Waals surface area contributed by atoms with Crippen LogP contribution in [0.4, 0.5) is 5.69 Å². The average molecular weight is 247 g/mol. The lowest BCUT2D eigenvalue weighted by Crippen LogP contribution is -2.45. The van der Waals surface area contributed by atoms with Crippen LogP contribution in [-0.2, 0) is 4.79 Å². The van der Waals surface area contributed by atoms with Gasteiger partial charge in [-0.05, 0) is 37.4 Å². The zero-order valence-corrected chi connectivity index (χ0v) is 11.3. The van der Waals surface area contributed by atoms with E-state index in [4.69, 9.17) is 0 Å². The minimum absolute atomic E-state index is 0.0908. The number of amides is 1. The van der Waals surface area contributed by atoms with Crippen molar-refractivity contribution in [2.45, 2.75) is 32.7 Å². The van der Waals surface area contributed by atoms with E-state index in [-0.39, 0.29) is 17.4 Å². The molecule has 0 aromatic carbocycles. The SMILES string of the molecule is CNC1CCC(C)(C)CN(c2cccnc2)C1=O. The van der Waals surface area contributed by atoms with E-state index in [0.717, 1.165) is 25.1 Å². The summed E-state index contributed by atoms with van der Waals surface area (Å²) in [5.74, 6) is 0.149. The van der Waals surface area contributed by atoms with Crippen molar-refractivity contribution in [3.05, 3.63) is 24.5 Å². The lowest BCUT2D eigenvalue weighted by atomic mass is 9.87. The molecule has 1 unspecified atom stereocenters. The Morgan fingerprint density at radius 1 is 1.50 bits per heavy atom. The number of nitrogens with zero attached hydrogens (tertiary/aromatic N) is 2. The second kappa shape index (κ2) is 5.06. The monoisotopic (exact) mass is 247 g/mol. The van der Waals surface area contributed by atoms with Crippen LogP contribution in [-0.4, -0.2) is 30.5 Å². The summed E-state index contributed by atoms with van der Waals surface area (Å²) < 4.78 is 0. The molecule has 1 aliphatic heterocycles. The van der Waals surface area contributed by atoms with Crippen LogP contribution in [0.15, 0.2) is 24.5 Å². The first-order chi connectivity index (χ1) is 8.53. The molecule has 4 heteroatoms. The van der Waals surface area contributed by atoms with Gasteiger partial charge in [0.15, 0.2) is 0 Å². The Labute approximate surface area is 108 Å². The fourth-order valence-electron chi connectivity index (χ4n) is 2.43. The van der Waals surface area contributed by atoms with E-state index in [0.29, 0.717) is 0 Å². The molecule has 98 valence electrons. The molecule has 0 radical (unpaired) electrons. The Balaban J connectivity index is 2.32. The predicted octanol–water partition coefficient (Wildman–Crippen LogP) is 1.82. The van der Waals surface area contributed by atoms with E-state index in [1.807, 2.05) is 24.1 Å². The molecule has 4 nitrogen and oxygen atoms in total. The normalized spacial score (nSPS) is 23.8. The molecular formula is C14H21N3O. The maximum absolute atomic E-state index is 12.5. The number of aromatic nitrogens is 1. The second-order valence-corrected chi connectivity index (χ2v) is 5.68. The van der Waals surface area contributed by atoms with Crippen LogP contribution in [0.1, 0.15) is 26.7 Å². The van der Waals surface area contributed by atoms with Crippen molar-refractivity contribution in [2.75, 3.05) is 18.5 Å². The van der Waals surface area contributed by atoms with Crippen LogP contribution in [0.25, 0.3) is 0 Å². The number of hydrogen-bond acceptors (Lipinski definition) is 3. The molecule has 1 saturated heterocycles. The zero-order chi connectivity index (χ0) is 13.2. The number of rotatable bonds is 2. The summed E-state index contributed by atoms with van der Waals surface area (Å²) in [6, 6.07) is 3.72. The van der Waals surface area contributed by atoms with Crippen molar-refractivity contribution >= 4 is 11.6 Å². The summed E-state index contributed by atoms with van der Waals surface area (Å²) >= 11 is 0. The van der Waals surface area contributed by atoms with Crippen LogP contribution in [0.5, 0.6) is 0 Å². The maximum atomic E-state index is 12.5. The number of carbonyl (C=O) groups is 1. The summed E-state index contributed by atoms with van der Waals surface area (Å²) in [6.07, 6.45) is 5.42. The van der Waals surface area contributed by atoms with Gasteiger partial charge in [-0.3, -0.25) is 9.78 Å². The van der Waals surface area contributed by atoms with Crippen molar-refractivity contribution < 1.29 is 4.79 Å². The number of carbonyl (C=O) groups excluding carboxylic acids is 1. The highest BCUT2D eigenvalue weighted by molar-refractivity contribution is 5.97. The van der Waals surface area contributed by atoms with Crippen LogP contribution >= 0.6 is 0 Å². The molecule has 18 heavy (non-hydrogen) atoms. The summed E-state index contributed by atoms with van der Waals surface area (Å²) in [6.45, 7) is 5.17. The summed E-state index contributed by atoms with van der Waals surface area (Å²) in [5.41, 5.74) is 1.02. The smallest absolute Gasteiger partial charge is 0.244 e. The summed E-state index contributed by atoms with van der Waals surface area (Å²) in [4.78, 5) is 18.5. The molecule has 0 spiro atoms. The highest BCUT2D eigenvalue weighted by atomic mass is 16.2. The first kappa shape index (κ1) is 13.0. The average Bonchev–Trinajstić information content (AvgIpc) is 2.48. The van der Waals surface area contributed by atoms with Crippen molar-refractivity contribution in [3.63, 3.8) is 0 Å². The molecule has 1 N–H and O–H groups in total. The molecule has 1 fully saturated rings. The number of pyridine rings is 1. The Kier molecular flexibility index (Phi) is 3.66. The first-order valence-electron chi connectivity index (χ1n) is 6.42. The van der Waals surface area contributed by atoms with Gasteiger partial charge in [0.2, 0.25) is 5.91 Å². The molecule has 1 amide bonds.